The normalized spacial score (nSPS) is 23.0. The molecule has 0 aliphatic carbocycles. The first-order chi connectivity index (χ1) is 12.4. The second-order valence-corrected chi connectivity index (χ2v) is 7.39. The van der Waals surface area contributed by atoms with E-state index in [9.17, 15) is 9.90 Å². The van der Waals surface area contributed by atoms with E-state index in [1.54, 1.807) is 19.1 Å². The quantitative estimate of drug-likeness (QED) is 0.708. The van der Waals surface area contributed by atoms with E-state index in [1.165, 1.54) is 4.90 Å². The van der Waals surface area contributed by atoms with Crippen LogP contribution in [0.1, 0.15) is 24.2 Å². The number of ether oxygens (including phenoxy) is 2. The maximum Gasteiger partial charge on any atom is 0.409 e. The van der Waals surface area contributed by atoms with E-state index in [0.717, 1.165) is 11.1 Å². The molecular formula is C18H18BrClN2O4. The van der Waals surface area contributed by atoms with Crippen LogP contribution >= 0.6 is 27.5 Å². The van der Waals surface area contributed by atoms with Crippen molar-refractivity contribution in [3.05, 3.63) is 63.3 Å². The molecule has 1 fully saturated rings. The lowest BCUT2D eigenvalue weighted by Gasteiger charge is -2.45. The number of hydrogen-bond donors (Lipinski definition) is 1. The summed E-state index contributed by atoms with van der Waals surface area (Å²) < 4.78 is 12.4. The summed E-state index contributed by atoms with van der Waals surface area (Å²) in [5.74, 6) is 0. The van der Waals surface area contributed by atoms with Crippen LogP contribution in [0.4, 0.5) is 4.79 Å². The van der Waals surface area contributed by atoms with Gasteiger partial charge < -0.3 is 14.6 Å². The van der Waals surface area contributed by atoms with Crippen molar-refractivity contribution in [2.45, 2.75) is 25.4 Å². The van der Waals surface area contributed by atoms with Gasteiger partial charge in [-0.1, -0.05) is 41.9 Å². The molecule has 0 bridgehead atoms. The molecule has 1 aromatic heterocycles. The molecule has 3 rings (SSSR count). The molecular weight excluding hydrogens is 424 g/mol. The number of carboxylic acid groups (broad SMARTS) is 1. The molecule has 1 aromatic carbocycles. The third kappa shape index (κ3) is 4.35. The summed E-state index contributed by atoms with van der Waals surface area (Å²) in [5.41, 5.74) is 0.644. The van der Waals surface area contributed by atoms with E-state index in [0.29, 0.717) is 16.4 Å². The molecule has 8 heteroatoms. The number of carbonyl (C=O) groups is 1. The van der Waals surface area contributed by atoms with Crippen LogP contribution in [-0.2, 0) is 16.1 Å². The highest BCUT2D eigenvalue weighted by Crippen LogP contribution is 2.33. The molecule has 1 N–H and O–H groups in total. The second kappa shape index (κ2) is 7.92. The number of halogens is 2. The highest BCUT2D eigenvalue weighted by atomic mass is 79.9. The summed E-state index contributed by atoms with van der Waals surface area (Å²) in [6.07, 6.45) is -1.51. The summed E-state index contributed by atoms with van der Waals surface area (Å²) in [5, 5.41) is 10.0. The van der Waals surface area contributed by atoms with Gasteiger partial charge in [0, 0.05) is 0 Å². The Morgan fingerprint density at radius 2 is 2.19 bits per heavy atom. The number of amides is 1. The zero-order valence-electron chi connectivity index (χ0n) is 14.1. The van der Waals surface area contributed by atoms with Crippen LogP contribution in [0.2, 0.25) is 5.15 Å². The van der Waals surface area contributed by atoms with Crippen LogP contribution in [0.15, 0.2) is 47.1 Å². The summed E-state index contributed by atoms with van der Waals surface area (Å²) in [6.45, 7) is 2.25. The Hall–Kier alpha value is -1.67. The minimum absolute atomic E-state index is 0.106. The highest BCUT2D eigenvalue weighted by Gasteiger charge is 2.43. The molecule has 1 aliphatic heterocycles. The minimum Gasteiger partial charge on any atom is -0.465 e. The van der Waals surface area contributed by atoms with Gasteiger partial charge >= 0.3 is 6.09 Å². The van der Waals surface area contributed by atoms with Crippen LogP contribution in [0.3, 0.4) is 0 Å². The fourth-order valence-corrected chi connectivity index (χ4v) is 3.60. The highest BCUT2D eigenvalue weighted by molar-refractivity contribution is 9.10. The second-order valence-electron chi connectivity index (χ2n) is 6.19. The summed E-state index contributed by atoms with van der Waals surface area (Å²) in [4.78, 5) is 17.2. The Labute approximate surface area is 164 Å². The molecule has 0 spiro atoms. The average Bonchev–Trinajstić information content (AvgIpc) is 2.60. The third-order valence-electron chi connectivity index (χ3n) is 4.25. The van der Waals surface area contributed by atoms with Gasteiger partial charge in [0.15, 0.2) is 5.72 Å². The van der Waals surface area contributed by atoms with Gasteiger partial charge in [-0.05, 0) is 46.1 Å². The Bertz CT molecular complexity index is 772. The smallest absolute Gasteiger partial charge is 0.409 e. The van der Waals surface area contributed by atoms with Gasteiger partial charge in [0.2, 0.25) is 0 Å². The maximum absolute atomic E-state index is 11.8. The fraction of sp³-hybridized carbons (Fsp3) is 0.333. The number of rotatable bonds is 4. The molecule has 0 radical (unpaired) electrons. The van der Waals surface area contributed by atoms with Gasteiger partial charge in [-0.3, -0.25) is 4.90 Å². The third-order valence-corrected chi connectivity index (χ3v) is 4.85. The first-order valence-corrected chi connectivity index (χ1v) is 9.17. The van der Waals surface area contributed by atoms with Gasteiger partial charge in [0.1, 0.15) is 15.9 Å². The van der Waals surface area contributed by atoms with E-state index in [4.69, 9.17) is 21.1 Å². The molecule has 26 heavy (non-hydrogen) atoms. The molecule has 2 atom stereocenters. The van der Waals surface area contributed by atoms with Crippen LogP contribution in [0, 0.1) is 0 Å². The lowest BCUT2D eigenvalue weighted by molar-refractivity contribution is -0.221. The summed E-state index contributed by atoms with van der Waals surface area (Å²) >= 11 is 9.28. The van der Waals surface area contributed by atoms with Gasteiger partial charge in [0.05, 0.1) is 19.8 Å². The van der Waals surface area contributed by atoms with Crippen LogP contribution in [-0.4, -0.2) is 40.0 Å². The van der Waals surface area contributed by atoms with Gasteiger partial charge in [-0.25, -0.2) is 9.78 Å². The zero-order valence-corrected chi connectivity index (χ0v) is 16.4. The van der Waals surface area contributed by atoms with Crippen LogP contribution in [0.5, 0.6) is 0 Å². The summed E-state index contributed by atoms with van der Waals surface area (Å²) in [7, 11) is 0. The largest absolute Gasteiger partial charge is 0.465 e. The first-order valence-electron chi connectivity index (χ1n) is 8.00. The Morgan fingerprint density at radius 1 is 1.46 bits per heavy atom. The lowest BCUT2D eigenvalue weighted by Crippen LogP contribution is -2.59. The Balaban J connectivity index is 1.76. The molecule has 138 valence electrons. The van der Waals surface area contributed by atoms with Crippen molar-refractivity contribution < 1.29 is 19.4 Å². The minimum atomic E-state index is -1.08. The fourth-order valence-electron chi connectivity index (χ4n) is 2.83. The number of aromatic nitrogens is 1. The van der Waals surface area contributed by atoms with E-state index < -0.39 is 17.9 Å². The van der Waals surface area contributed by atoms with Crippen LogP contribution in [0.25, 0.3) is 0 Å². The lowest BCUT2D eigenvalue weighted by atomic mass is 10.1. The number of nitrogens with zero attached hydrogens (tertiary/aromatic N) is 2. The van der Waals surface area contributed by atoms with Crippen molar-refractivity contribution in [3.63, 3.8) is 0 Å². The monoisotopic (exact) mass is 440 g/mol. The number of pyridine rings is 1. The van der Waals surface area contributed by atoms with Crippen molar-refractivity contribution in [2.75, 3.05) is 13.2 Å². The summed E-state index contributed by atoms with van der Waals surface area (Å²) in [6, 6.07) is 13.0. The first kappa shape index (κ1) is 19.1. The standard InChI is InChI=1S/C18H18BrClN2O4/c1-18(26-10-12-5-3-2-4-6-12)11-25-14(9-22(18)17(23)24)13-7-15(19)21-16(20)8-13/h2-8,14H,9-11H2,1H3,(H,23,24). The molecule has 2 heterocycles. The van der Waals surface area contributed by atoms with Crippen LogP contribution < -0.4 is 0 Å². The molecule has 6 nitrogen and oxygen atoms in total. The van der Waals surface area contributed by atoms with Gasteiger partial charge in [-0.15, -0.1) is 0 Å². The van der Waals surface area contributed by atoms with E-state index in [2.05, 4.69) is 20.9 Å². The molecule has 1 aliphatic rings. The zero-order chi connectivity index (χ0) is 18.7. The Kier molecular flexibility index (Phi) is 5.82. The van der Waals surface area contributed by atoms with Crippen molar-refractivity contribution >= 4 is 33.6 Å². The van der Waals surface area contributed by atoms with Gasteiger partial charge in [0.25, 0.3) is 0 Å². The molecule has 2 aromatic rings. The predicted octanol–water partition coefficient (Wildman–Crippen LogP) is 4.48. The predicted molar refractivity (Wildman–Crippen MR) is 100 cm³/mol. The van der Waals surface area contributed by atoms with Gasteiger partial charge in [-0.2, -0.15) is 0 Å². The van der Waals surface area contributed by atoms with Crippen molar-refractivity contribution in [2.24, 2.45) is 0 Å². The maximum atomic E-state index is 11.8. The van der Waals surface area contributed by atoms with E-state index in [-0.39, 0.29) is 13.2 Å². The SMILES string of the molecule is CC1(OCc2ccccc2)COC(c2cc(Cl)nc(Br)c2)CN1C(=O)O. The van der Waals surface area contributed by atoms with Crippen molar-refractivity contribution in [1.82, 2.24) is 9.88 Å². The molecule has 0 saturated carbocycles. The average molecular weight is 442 g/mol. The number of morpholine rings is 1. The van der Waals surface area contributed by atoms with Crippen molar-refractivity contribution in [1.29, 1.82) is 0 Å². The van der Waals surface area contributed by atoms with E-state index >= 15 is 0 Å². The van der Waals surface area contributed by atoms with Crippen molar-refractivity contribution in [3.8, 4) is 0 Å². The molecule has 2 unspecified atom stereocenters. The van der Waals surface area contributed by atoms with E-state index in [1.807, 2.05) is 30.3 Å². The molecule has 1 saturated heterocycles. The number of benzene rings is 1. The topological polar surface area (TPSA) is 71.9 Å². The Morgan fingerprint density at radius 3 is 2.85 bits per heavy atom. The number of hydrogen-bond acceptors (Lipinski definition) is 4. The molecule has 1 amide bonds.